The van der Waals surface area contributed by atoms with Gasteiger partial charge in [-0.1, -0.05) is 0 Å². The van der Waals surface area contributed by atoms with Gasteiger partial charge in [0.1, 0.15) is 5.60 Å². The Labute approximate surface area is 138 Å². The van der Waals surface area contributed by atoms with Crippen LogP contribution in [0.25, 0.3) is 0 Å². The maximum absolute atomic E-state index is 11.7. The van der Waals surface area contributed by atoms with Crippen molar-refractivity contribution in [1.82, 2.24) is 21.3 Å². The summed E-state index contributed by atoms with van der Waals surface area (Å²) in [7, 11) is 1.61. The van der Waals surface area contributed by atoms with Crippen molar-refractivity contribution >= 4 is 18.0 Å². The van der Waals surface area contributed by atoms with E-state index in [-0.39, 0.29) is 18.0 Å². The molecule has 0 saturated heterocycles. The van der Waals surface area contributed by atoms with Gasteiger partial charge in [0.05, 0.1) is 6.54 Å². The van der Waals surface area contributed by atoms with Gasteiger partial charge in [-0.05, 0) is 41.5 Å². The van der Waals surface area contributed by atoms with Crippen molar-refractivity contribution < 1.29 is 14.3 Å². The molecule has 0 bridgehead atoms. The second-order valence-electron chi connectivity index (χ2n) is 7.08. The molecule has 0 heterocycles. The summed E-state index contributed by atoms with van der Waals surface area (Å²) in [5, 5.41) is 11.4. The molecule has 0 aliphatic heterocycles. The van der Waals surface area contributed by atoms with Gasteiger partial charge in [0.2, 0.25) is 5.91 Å². The standard InChI is InChI=1S/C15H31N5O3/c1-14(2,3)20-11(21)10-19-12(16-7)17-8-9-18-13(22)23-15(4,5)6/h8-10H2,1-7H3,(H,18,22)(H,20,21)(H2,16,17,19). The number of ether oxygens (including phenoxy) is 1. The summed E-state index contributed by atoms with van der Waals surface area (Å²) in [6, 6.07) is 0. The summed E-state index contributed by atoms with van der Waals surface area (Å²) >= 11 is 0. The van der Waals surface area contributed by atoms with Gasteiger partial charge in [-0.3, -0.25) is 9.79 Å². The van der Waals surface area contributed by atoms with Gasteiger partial charge in [-0.15, -0.1) is 0 Å². The molecule has 0 aliphatic carbocycles. The SMILES string of the molecule is CN=C(NCCNC(=O)OC(C)(C)C)NCC(=O)NC(C)(C)C. The van der Waals surface area contributed by atoms with Crippen LogP contribution >= 0.6 is 0 Å². The predicted octanol–water partition coefficient (Wildman–Crippen LogP) is 0.591. The normalized spacial score (nSPS) is 12.4. The van der Waals surface area contributed by atoms with E-state index in [1.165, 1.54) is 0 Å². The van der Waals surface area contributed by atoms with Crippen LogP contribution in [0.4, 0.5) is 4.79 Å². The third-order valence-electron chi connectivity index (χ3n) is 2.24. The maximum atomic E-state index is 11.7. The Bertz CT molecular complexity index is 422. The number of rotatable bonds is 5. The van der Waals surface area contributed by atoms with Crippen LogP contribution in [-0.4, -0.2) is 55.8 Å². The molecule has 0 aromatic carbocycles. The minimum atomic E-state index is -0.518. The van der Waals surface area contributed by atoms with Crippen molar-refractivity contribution in [2.24, 2.45) is 4.99 Å². The van der Waals surface area contributed by atoms with Gasteiger partial charge in [-0.25, -0.2) is 4.79 Å². The number of aliphatic imine (C=N–C) groups is 1. The number of nitrogens with one attached hydrogen (secondary N) is 4. The second kappa shape index (κ2) is 9.22. The number of hydrogen-bond acceptors (Lipinski definition) is 4. The quantitative estimate of drug-likeness (QED) is 0.336. The van der Waals surface area contributed by atoms with E-state index in [9.17, 15) is 9.59 Å². The lowest BCUT2D eigenvalue weighted by Gasteiger charge is -2.21. The molecule has 4 N–H and O–H groups in total. The van der Waals surface area contributed by atoms with Crippen LogP contribution in [0.1, 0.15) is 41.5 Å². The molecule has 0 atom stereocenters. The highest BCUT2D eigenvalue weighted by Crippen LogP contribution is 2.05. The van der Waals surface area contributed by atoms with Crippen LogP contribution < -0.4 is 21.3 Å². The average molecular weight is 329 g/mol. The largest absolute Gasteiger partial charge is 0.444 e. The monoisotopic (exact) mass is 329 g/mol. The fourth-order valence-corrected chi connectivity index (χ4v) is 1.51. The van der Waals surface area contributed by atoms with Crippen LogP contribution in [-0.2, 0) is 9.53 Å². The van der Waals surface area contributed by atoms with E-state index >= 15 is 0 Å². The van der Waals surface area contributed by atoms with Crippen LogP contribution in [0.3, 0.4) is 0 Å². The van der Waals surface area contributed by atoms with Crippen LogP contribution in [0, 0.1) is 0 Å². The Kier molecular flexibility index (Phi) is 8.42. The summed E-state index contributed by atoms with van der Waals surface area (Å²) in [6.07, 6.45) is -0.466. The smallest absolute Gasteiger partial charge is 0.407 e. The van der Waals surface area contributed by atoms with E-state index in [1.54, 1.807) is 27.8 Å². The van der Waals surface area contributed by atoms with Crippen LogP contribution in [0.5, 0.6) is 0 Å². The number of alkyl carbamates (subject to hydrolysis) is 1. The first-order chi connectivity index (χ1) is 10.4. The molecule has 0 aliphatic rings. The molecule has 134 valence electrons. The summed E-state index contributed by atoms with van der Waals surface area (Å²) < 4.78 is 5.12. The van der Waals surface area contributed by atoms with Gasteiger partial charge in [0.15, 0.2) is 5.96 Å². The summed E-state index contributed by atoms with van der Waals surface area (Å²) in [4.78, 5) is 27.2. The molecule has 0 aromatic heterocycles. The zero-order valence-electron chi connectivity index (χ0n) is 15.3. The Hall–Kier alpha value is -1.99. The Balaban J connectivity index is 3.96. The molecule has 0 spiro atoms. The molecular weight excluding hydrogens is 298 g/mol. The second-order valence-corrected chi connectivity index (χ2v) is 7.08. The topological polar surface area (TPSA) is 104 Å². The number of nitrogens with zero attached hydrogens (tertiary/aromatic N) is 1. The molecule has 8 nitrogen and oxygen atoms in total. The van der Waals surface area contributed by atoms with Crippen molar-refractivity contribution in [3.05, 3.63) is 0 Å². The van der Waals surface area contributed by atoms with Gasteiger partial charge in [0, 0.05) is 25.7 Å². The number of guanidine groups is 1. The predicted molar refractivity (Wildman–Crippen MR) is 91.5 cm³/mol. The fraction of sp³-hybridized carbons (Fsp3) is 0.800. The Morgan fingerprint density at radius 2 is 1.52 bits per heavy atom. The van der Waals surface area contributed by atoms with Crippen molar-refractivity contribution in [3.63, 3.8) is 0 Å². The third-order valence-corrected chi connectivity index (χ3v) is 2.24. The van der Waals surface area contributed by atoms with Gasteiger partial charge in [-0.2, -0.15) is 0 Å². The van der Waals surface area contributed by atoms with E-state index in [0.717, 1.165) is 0 Å². The van der Waals surface area contributed by atoms with Gasteiger partial charge >= 0.3 is 6.09 Å². The number of carbonyl (C=O) groups excluding carboxylic acids is 2. The first-order valence-electron chi connectivity index (χ1n) is 7.65. The number of carbonyl (C=O) groups is 2. The molecule has 23 heavy (non-hydrogen) atoms. The van der Waals surface area contributed by atoms with Crippen molar-refractivity contribution in [2.75, 3.05) is 26.7 Å². The maximum Gasteiger partial charge on any atom is 0.407 e. The van der Waals surface area contributed by atoms with Crippen molar-refractivity contribution in [1.29, 1.82) is 0 Å². The highest BCUT2D eigenvalue weighted by Gasteiger charge is 2.15. The van der Waals surface area contributed by atoms with E-state index < -0.39 is 11.7 Å². The zero-order valence-corrected chi connectivity index (χ0v) is 15.3. The third kappa shape index (κ3) is 13.4. The molecule has 0 unspecified atom stereocenters. The molecule has 0 fully saturated rings. The summed E-state index contributed by atoms with van der Waals surface area (Å²) in [5.74, 6) is 0.368. The fourth-order valence-electron chi connectivity index (χ4n) is 1.51. The minimum Gasteiger partial charge on any atom is -0.444 e. The minimum absolute atomic E-state index is 0.118. The lowest BCUT2D eigenvalue weighted by molar-refractivity contribution is -0.121. The van der Waals surface area contributed by atoms with E-state index in [0.29, 0.717) is 19.0 Å². The van der Waals surface area contributed by atoms with E-state index in [4.69, 9.17) is 4.74 Å². The molecular formula is C15H31N5O3. The molecule has 2 amide bonds. The molecule has 0 rings (SSSR count). The van der Waals surface area contributed by atoms with Crippen LogP contribution in [0.15, 0.2) is 4.99 Å². The molecule has 0 aromatic rings. The average Bonchev–Trinajstić information content (AvgIpc) is 2.33. The van der Waals surface area contributed by atoms with E-state index in [1.807, 2.05) is 20.8 Å². The first-order valence-corrected chi connectivity index (χ1v) is 7.65. The summed E-state index contributed by atoms with van der Waals surface area (Å²) in [5.41, 5.74) is -0.789. The van der Waals surface area contributed by atoms with Crippen molar-refractivity contribution in [2.45, 2.75) is 52.7 Å². The lowest BCUT2D eigenvalue weighted by atomic mass is 10.1. The molecule has 0 saturated carbocycles. The Morgan fingerprint density at radius 1 is 0.957 bits per heavy atom. The molecule has 8 heteroatoms. The number of amides is 2. The molecule has 0 radical (unpaired) electrons. The zero-order chi connectivity index (χ0) is 18.1. The first kappa shape index (κ1) is 21.0. The highest BCUT2D eigenvalue weighted by atomic mass is 16.6. The highest BCUT2D eigenvalue weighted by molar-refractivity contribution is 5.86. The van der Waals surface area contributed by atoms with Gasteiger partial charge < -0.3 is 26.0 Å². The van der Waals surface area contributed by atoms with Gasteiger partial charge in [0.25, 0.3) is 0 Å². The summed E-state index contributed by atoms with van der Waals surface area (Å²) in [6.45, 7) is 12.1. The van der Waals surface area contributed by atoms with Crippen molar-refractivity contribution in [3.8, 4) is 0 Å². The van der Waals surface area contributed by atoms with Crippen LogP contribution in [0.2, 0.25) is 0 Å². The van der Waals surface area contributed by atoms with E-state index in [2.05, 4.69) is 26.3 Å². The lowest BCUT2D eigenvalue weighted by Crippen LogP contribution is -2.49. The Morgan fingerprint density at radius 3 is 2.00 bits per heavy atom. The number of hydrogen-bond donors (Lipinski definition) is 4.